The van der Waals surface area contributed by atoms with E-state index >= 15 is 0 Å². The van der Waals surface area contributed by atoms with Crippen molar-refractivity contribution in [3.05, 3.63) is 29.3 Å². The minimum absolute atomic E-state index is 0.0486. The van der Waals surface area contributed by atoms with Crippen LogP contribution in [-0.4, -0.2) is 62.1 Å². The van der Waals surface area contributed by atoms with Gasteiger partial charge in [0, 0.05) is 18.7 Å². The molecule has 1 aromatic carbocycles. The normalized spacial score (nSPS) is 17.9. The Bertz CT molecular complexity index is 802. The van der Waals surface area contributed by atoms with E-state index in [1.165, 1.54) is 16.4 Å². The van der Waals surface area contributed by atoms with Gasteiger partial charge in [0.25, 0.3) is 5.91 Å². The number of hydrogen-bond acceptors (Lipinski definition) is 5. The SMILES string of the molecule is CC[C@H](C)[C@H](NC(=O)c1ccc(C)c(S(=O)(=O)N2CCOCC2)c1)C(=O)O. The Hall–Kier alpha value is -1.97. The molecule has 0 spiro atoms. The van der Waals surface area contributed by atoms with E-state index in [4.69, 9.17) is 4.74 Å². The maximum atomic E-state index is 12.9. The molecular formula is C18H26N2O6S. The highest BCUT2D eigenvalue weighted by Crippen LogP contribution is 2.22. The van der Waals surface area contributed by atoms with E-state index in [0.29, 0.717) is 25.2 Å². The Morgan fingerprint density at radius 1 is 1.30 bits per heavy atom. The quantitative estimate of drug-likeness (QED) is 0.715. The highest BCUT2D eigenvalue weighted by Gasteiger charge is 2.30. The molecule has 9 heteroatoms. The van der Waals surface area contributed by atoms with Crippen molar-refractivity contribution in [1.82, 2.24) is 9.62 Å². The van der Waals surface area contributed by atoms with E-state index in [0.717, 1.165) is 0 Å². The van der Waals surface area contributed by atoms with Crippen molar-refractivity contribution in [3.63, 3.8) is 0 Å². The van der Waals surface area contributed by atoms with Crippen molar-refractivity contribution < 1.29 is 27.9 Å². The fourth-order valence-corrected chi connectivity index (χ4v) is 4.51. The molecule has 8 nitrogen and oxygen atoms in total. The van der Waals surface area contributed by atoms with Crippen LogP contribution in [0, 0.1) is 12.8 Å². The monoisotopic (exact) mass is 398 g/mol. The third kappa shape index (κ3) is 4.85. The maximum Gasteiger partial charge on any atom is 0.326 e. The third-order valence-electron chi connectivity index (χ3n) is 4.80. The first-order valence-electron chi connectivity index (χ1n) is 8.90. The zero-order valence-corrected chi connectivity index (χ0v) is 16.6. The molecule has 2 N–H and O–H groups in total. The van der Waals surface area contributed by atoms with Crippen LogP contribution in [-0.2, 0) is 19.6 Å². The summed E-state index contributed by atoms with van der Waals surface area (Å²) >= 11 is 0. The zero-order valence-electron chi connectivity index (χ0n) is 15.8. The summed E-state index contributed by atoms with van der Waals surface area (Å²) in [6, 6.07) is 3.33. The first-order valence-corrected chi connectivity index (χ1v) is 10.3. The number of hydrogen-bond donors (Lipinski definition) is 2. The second kappa shape index (κ2) is 8.81. The Kier molecular flexibility index (Phi) is 6.96. The predicted octanol–water partition coefficient (Wildman–Crippen LogP) is 1.25. The summed E-state index contributed by atoms with van der Waals surface area (Å²) < 4.78 is 32.4. The fourth-order valence-electron chi connectivity index (χ4n) is 2.85. The van der Waals surface area contributed by atoms with Crippen LogP contribution >= 0.6 is 0 Å². The van der Waals surface area contributed by atoms with Crippen LogP contribution in [0.15, 0.2) is 23.1 Å². The second-order valence-electron chi connectivity index (χ2n) is 6.67. The summed E-state index contributed by atoms with van der Waals surface area (Å²) in [5.41, 5.74) is 0.636. The number of nitrogens with one attached hydrogen (secondary N) is 1. The van der Waals surface area contributed by atoms with Gasteiger partial charge in [-0.15, -0.1) is 0 Å². The summed E-state index contributed by atoms with van der Waals surface area (Å²) in [6.45, 7) is 6.41. The van der Waals surface area contributed by atoms with E-state index in [2.05, 4.69) is 5.32 Å². The Morgan fingerprint density at radius 2 is 1.93 bits per heavy atom. The number of carboxylic acids is 1. The lowest BCUT2D eigenvalue weighted by Crippen LogP contribution is -2.45. The lowest BCUT2D eigenvalue weighted by atomic mass is 9.99. The van der Waals surface area contributed by atoms with Gasteiger partial charge in [0.2, 0.25) is 10.0 Å². The number of amides is 1. The lowest BCUT2D eigenvalue weighted by molar-refractivity contribution is -0.140. The number of aliphatic carboxylic acids is 1. The molecule has 0 radical (unpaired) electrons. The van der Waals surface area contributed by atoms with Gasteiger partial charge in [0.05, 0.1) is 18.1 Å². The zero-order chi connectivity index (χ0) is 20.2. The predicted molar refractivity (Wildman–Crippen MR) is 99.1 cm³/mol. The summed E-state index contributed by atoms with van der Waals surface area (Å²) in [7, 11) is -3.76. The van der Waals surface area contributed by atoms with Crippen molar-refractivity contribution in [2.45, 2.75) is 38.1 Å². The van der Waals surface area contributed by atoms with Crippen LogP contribution in [0.25, 0.3) is 0 Å². The molecule has 27 heavy (non-hydrogen) atoms. The van der Waals surface area contributed by atoms with Crippen LogP contribution in [0.2, 0.25) is 0 Å². The molecule has 1 amide bonds. The number of ether oxygens (including phenoxy) is 1. The van der Waals surface area contributed by atoms with Crippen molar-refractivity contribution in [1.29, 1.82) is 0 Å². The Balaban J connectivity index is 2.30. The molecule has 150 valence electrons. The summed E-state index contributed by atoms with van der Waals surface area (Å²) in [4.78, 5) is 24.0. The van der Waals surface area contributed by atoms with Crippen LogP contribution in [0.4, 0.5) is 0 Å². The molecule has 0 aromatic heterocycles. The van der Waals surface area contributed by atoms with Gasteiger partial charge in [0.1, 0.15) is 6.04 Å². The molecule has 0 aliphatic carbocycles. The van der Waals surface area contributed by atoms with Crippen LogP contribution in [0.5, 0.6) is 0 Å². The number of carboxylic acid groups (broad SMARTS) is 1. The highest BCUT2D eigenvalue weighted by molar-refractivity contribution is 7.89. The number of nitrogens with zero attached hydrogens (tertiary/aromatic N) is 1. The van der Waals surface area contributed by atoms with E-state index in [1.54, 1.807) is 19.9 Å². The lowest BCUT2D eigenvalue weighted by Gasteiger charge is -2.27. The minimum Gasteiger partial charge on any atom is -0.480 e. The molecule has 2 rings (SSSR count). The Morgan fingerprint density at radius 3 is 2.48 bits per heavy atom. The van der Waals surface area contributed by atoms with E-state index in [-0.39, 0.29) is 29.5 Å². The van der Waals surface area contributed by atoms with Crippen LogP contribution < -0.4 is 5.32 Å². The number of aryl methyl sites for hydroxylation is 1. The number of carbonyl (C=O) groups is 2. The van der Waals surface area contributed by atoms with E-state index in [1.807, 2.05) is 6.92 Å². The van der Waals surface area contributed by atoms with Crippen molar-refractivity contribution in [2.75, 3.05) is 26.3 Å². The minimum atomic E-state index is -3.76. The van der Waals surface area contributed by atoms with Gasteiger partial charge in [0.15, 0.2) is 0 Å². The Labute approximate surface area is 159 Å². The molecule has 2 atom stereocenters. The summed E-state index contributed by atoms with van der Waals surface area (Å²) in [5.74, 6) is -1.99. The first kappa shape index (κ1) is 21.3. The van der Waals surface area contributed by atoms with E-state index < -0.39 is 27.9 Å². The van der Waals surface area contributed by atoms with Gasteiger partial charge in [-0.2, -0.15) is 4.31 Å². The van der Waals surface area contributed by atoms with Gasteiger partial charge in [-0.3, -0.25) is 4.79 Å². The first-order chi connectivity index (χ1) is 12.7. The summed E-state index contributed by atoms with van der Waals surface area (Å²) in [6.07, 6.45) is 0.585. The summed E-state index contributed by atoms with van der Waals surface area (Å²) in [5, 5.41) is 11.8. The van der Waals surface area contributed by atoms with Crippen molar-refractivity contribution in [2.24, 2.45) is 5.92 Å². The standard InChI is InChI=1S/C18H26N2O6S/c1-4-12(2)16(18(22)23)19-17(21)14-6-5-13(3)15(11-14)27(24,25)20-7-9-26-10-8-20/h5-6,11-12,16H,4,7-10H2,1-3H3,(H,19,21)(H,22,23)/t12-,16-/m0/s1. The van der Waals surface area contributed by atoms with Gasteiger partial charge in [-0.25, -0.2) is 13.2 Å². The van der Waals surface area contributed by atoms with Gasteiger partial charge < -0.3 is 15.2 Å². The number of rotatable bonds is 7. The van der Waals surface area contributed by atoms with Crippen molar-refractivity contribution >= 4 is 21.9 Å². The number of sulfonamides is 1. The second-order valence-corrected chi connectivity index (χ2v) is 8.58. The smallest absolute Gasteiger partial charge is 0.326 e. The maximum absolute atomic E-state index is 12.9. The molecule has 0 saturated carbocycles. The number of benzene rings is 1. The molecule has 1 aromatic rings. The number of carbonyl (C=O) groups excluding carboxylic acids is 1. The topological polar surface area (TPSA) is 113 Å². The molecule has 1 aliphatic rings. The van der Waals surface area contributed by atoms with Gasteiger partial charge in [-0.1, -0.05) is 26.3 Å². The van der Waals surface area contributed by atoms with Gasteiger partial charge in [-0.05, 0) is 30.5 Å². The fraction of sp³-hybridized carbons (Fsp3) is 0.556. The average molecular weight is 398 g/mol. The molecule has 1 saturated heterocycles. The molecule has 1 fully saturated rings. The average Bonchev–Trinajstić information content (AvgIpc) is 2.65. The largest absolute Gasteiger partial charge is 0.480 e. The molecule has 0 bridgehead atoms. The third-order valence-corrected chi connectivity index (χ3v) is 6.84. The van der Waals surface area contributed by atoms with Crippen LogP contribution in [0.3, 0.4) is 0 Å². The van der Waals surface area contributed by atoms with Gasteiger partial charge >= 0.3 is 5.97 Å². The number of morpholine rings is 1. The molecule has 1 heterocycles. The van der Waals surface area contributed by atoms with Crippen molar-refractivity contribution in [3.8, 4) is 0 Å². The van der Waals surface area contributed by atoms with Crippen LogP contribution in [0.1, 0.15) is 36.2 Å². The van der Waals surface area contributed by atoms with E-state index in [9.17, 15) is 23.1 Å². The molecular weight excluding hydrogens is 372 g/mol. The molecule has 0 unspecified atom stereocenters. The molecule has 1 aliphatic heterocycles. The highest BCUT2D eigenvalue weighted by atomic mass is 32.2.